The van der Waals surface area contributed by atoms with Crippen LogP contribution < -0.4 is 15.8 Å². The van der Waals surface area contributed by atoms with Gasteiger partial charge in [-0.3, -0.25) is 15.0 Å². The first-order valence-electron chi connectivity index (χ1n) is 7.21. The second-order valence-corrected chi connectivity index (χ2v) is 7.83. The molecule has 4 N–H and O–H groups in total. The van der Waals surface area contributed by atoms with Gasteiger partial charge in [-0.2, -0.15) is 0 Å². The van der Waals surface area contributed by atoms with Crippen molar-refractivity contribution < 1.29 is 18.3 Å². The Hall–Kier alpha value is -2.69. The van der Waals surface area contributed by atoms with Crippen LogP contribution in [-0.2, 0) is 10.0 Å². The third-order valence-corrected chi connectivity index (χ3v) is 5.34. The zero-order chi connectivity index (χ0) is 18.9. The Bertz CT molecular complexity index is 1160. The number of hydrazine groups is 1. The summed E-state index contributed by atoms with van der Waals surface area (Å²) in [6, 6.07) is 12.1. The zero-order valence-corrected chi connectivity index (χ0v) is 15.4. The average Bonchev–Trinajstić information content (AvgIpc) is 2.60. The molecule has 0 radical (unpaired) electrons. The lowest BCUT2D eigenvalue weighted by molar-refractivity contribution is 0.0941. The van der Waals surface area contributed by atoms with Gasteiger partial charge in [0.25, 0.3) is 21.5 Å². The topological polar surface area (TPSA) is 128 Å². The monoisotopic (exact) mass is 437 g/mol. The van der Waals surface area contributed by atoms with Crippen LogP contribution in [0.4, 0.5) is 0 Å². The second kappa shape index (κ2) is 6.90. The number of pyridine rings is 1. The third-order valence-electron chi connectivity index (χ3n) is 3.54. The van der Waals surface area contributed by atoms with Gasteiger partial charge in [0.15, 0.2) is 0 Å². The molecule has 3 aromatic rings. The first kappa shape index (κ1) is 18.1. The second-order valence-electron chi connectivity index (χ2n) is 5.24. The summed E-state index contributed by atoms with van der Waals surface area (Å²) >= 11 is 3.19. The summed E-state index contributed by atoms with van der Waals surface area (Å²) in [4.78, 5) is 28.6. The van der Waals surface area contributed by atoms with E-state index in [1.165, 1.54) is 30.3 Å². The molecule has 0 aliphatic rings. The van der Waals surface area contributed by atoms with Gasteiger partial charge in [-0.1, -0.05) is 28.1 Å². The van der Waals surface area contributed by atoms with Crippen molar-refractivity contribution in [3.63, 3.8) is 0 Å². The number of hydrogen-bond acceptors (Lipinski definition) is 5. The SMILES string of the molecule is O=C(NNS(=O)(=O)c1ccc(Br)cc1)c1c(O)c2ccccc2[nH]c1=O. The molecule has 3 rings (SSSR count). The van der Waals surface area contributed by atoms with Gasteiger partial charge in [0.1, 0.15) is 11.3 Å². The van der Waals surface area contributed by atoms with Gasteiger partial charge in [-0.15, -0.1) is 4.83 Å². The van der Waals surface area contributed by atoms with Crippen molar-refractivity contribution in [2.45, 2.75) is 4.90 Å². The molecule has 8 nitrogen and oxygen atoms in total. The van der Waals surface area contributed by atoms with E-state index in [9.17, 15) is 23.1 Å². The first-order valence-corrected chi connectivity index (χ1v) is 9.49. The number of aromatic nitrogens is 1. The van der Waals surface area contributed by atoms with Crippen molar-refractivity contribution in [2.24, 2.45) is 0 Å². The lowest BCUT2D eigenvalue weighted by atomic mass is 10.1. The number of H-pyrrole nitrogens is 1. The summed E-state index contributed by atoms with van der Waals surface area (Å²) < 4.78 is 25.0. The maximum Gasteiger partial charge on any atom is 0.275 e. The molecule has 2 aromatic carbocycles. The highest BCUT2D eigenvalue weighted by atomic mass is 79.9. The van der Waals surface area contributed by atoms with Crippen molar-refractivity contribution in [1.82, 2.24) is 15.2 Å². The van der Waals surface area contributed by atoms with E-state index >= 15 is 0 Å². The van der Waals surface area contributed by atoms with Crippen molar-refractivity contribution in [3.8, 4) is 5.75 Å². The number of carbonyl (C=O) groups is 1. The van der Waals surface area contributed by atoms with Crippen LogP contribution in [0, 0.1) is 0 Å². The number of amides is 1. The van der Waals surface area contributed by atoms with Crippen LogP contribution in [0.5, 0.6) is 5.75 Å². The fraction of sp³-hybridized carbons (Fsp3) is 0. The molecule has 0 saturated heterocycles. The summed E-state index contributed by atoms with van der Waals surface area (Å²) in [5.41, 5.74) is 0.838. The maximum atomic E-state index is 12.2. The Labute approximate surface area is 156 Å². The molecule has 0 fully saturated rings. The van der Waals surface area contributed by atoms with Crippen molar-refractivity contribution in [2.75, 3.05) is 0 Å². The molecule has 10 heteroatoms. The van der Waals surface area contributed by atoms with E-state index in [0.29, 0.717) is 9.99 Å². The van der Waals surface area contributed by atoms with E-state index in [1.54, 1.807) is 18.2 Å². The Kier molecular flexibility index (Phi) is 4.81. The van der Waals surface area contributed by atoms with Crippen molar-refractivity contribution in [3.05, 3.63) is 68.9 Å². The number of aromatic hydroxyl groups is 1. The predicted octanol–water partition coefficient (Wildman–Crippen LogP) is 1.62. The van der Waals surface area contributed by atoms with E-state index in [2.05, 4.69) is 20.9 Å². The third kappa shape index (κ3) is 3.47. The number of fused-ring (bicyclic) bond motifs is 1. The van der Waals surface area contributed by atoms with Gasteiger partial charge in [-0.05, 0) is 36.4 Å². The molecule has 1 aromatic heterocycles. The number of para-hydroxylation sites is 1. The fourth-order valence-corrected chi connectivity index (χ4v) is 3.39. The molecule has 26 heavy (non-hydrogen) atoms. The van der Waals surface area contributed by atoms with Crippen LogP contribution in [-0.4, -0.2) is 24.4 Å². The molecule has 0 bridgehead atoms. The first-order chi connectivity index (χ1) is 12.3. The predicted molar refractivity (Wildman–Crippen MR) is 98.2 cm³/mol. The molecule has 0 saturated carbocycles. The summed E-state index contributed by atoms with van der Waals surface area (Å²) in [7, 11) is -4.04. The Morgan fingerprint density at radius 2 is 1.73 bits per heavy atom. The van der Waals surface area contributed by atoms with Gasteiger partial charge < -0.3 is 10.1 Å². The molecule has 1 amide bonds. The number of sulfonamides is 1. The normalized spacial score (nSPS) is 11.4. The van der Waals surface area contributed by atoms with E-state index in [-0.39, 0.29) is 10.3 Å². The van der Waals surface area contributed by atoms with Crippen molar-refractivity contribution in [1.29, 1.82) is 0 Å². The molecule has 0 unspecified atom stereocenters. The minimum Gasteiger partial charge on any atom is -0.506 e. The minimum absolute atomic E-state index is 0.0855. The molecular weight excluding hydrogens is 426 g/mol. The van der Waals surface area contributed by atoms with E-state index in [0.717, 1.165) is 0 Å². The highest BCUT2D eigenvalue weighted by Gasteiger charge is 2.21. The van der Waals surface area contributed by atoms with Gasteiger partial charge in [-0.25, -0.2) is 8.42 Å². The van der Waals surface area contributed by atoms with E-state index in [4.69, 9.17) is 0 Å². The number of halogens is 1. The average molecular weight is 438 g/mol. The highest BCUT2D eigenvalue weighted by molar-refractivity contribution is 9.10. The number of aromatic amines is 1. The summed E-state index contributed by atoms with van der Waals surface area (Å²) in [5.74, 6) is -1.63. The molecular formula is C16H12BrN3O5S. The lowest BCUT2D eigenvalue weighted by Gasteiger charge is -2.10. The zero-order valence-electron chi connectivity index (χ0n) is 13.0. The fourth-order valence-electron chi connectivity index (χ4n) is 2.28. The van der Waals surface area contributed by atoms with Crippen LogP contribution in [0.15, 0.2) is 62.7 Å². The number of nitrogens with one attached hydrogen (secondary N) is 3. The Balaban J connectivity index is 1.88. The van der Waals surface area contributed by atoms with E-state index < -0.39 is 32.8 Å². The summed E-state index contributed by atoms with van der Waals surface area (Å²) in [6.07, 6.45) is 0. The van der Waals surface area contributed by atoms with Crippen LogP contribution >= 0.6 is 15.9 Å². The van der Waals surface area contributed by atoms with Gasteiger partial charge in [0.2, 0.25) is 0 Å². The molecule has 134 valence electrons. The molecule has 1 heterocycles. The van der Waals surface area contributed by atoms with E-state index in [1.807, 2.05) is 10.3 Å². The van der Waals surface area contributed by atoms with Crippen LogP contribution in [0.25, 0.3) is 10.9 Å². The van der Waals surface area contributed by atoms with Gasteiger partial charge in [0, 0.05) is 9.86 Å². The number of hydrogen-bond donors (Lipinski definition) is 4. The number of rotatable bonds is 4. The minimum atomic E-state index is -4.04. The molecule has 0 atom stereocenters. The summed E-state index contributed by atoms with van der Waals surface area (Å²) in [6.45, 7) is 0. The quantitative estimate of drug-likeness (QED) is 0.461. The summed E-state index contributed by atoms with van der Waals surface area (Å²) in [5, 5.41) is 10.5. The largest absolute Gasteiger partial charge is 0.506 e. The van der Waals surface area contributed by atoms with Gasteiger partial charge >= 0.3 is 0 Å². The van der Waals surface area contributed by atoms with Crippen molar-refractivity contribution >= 4 is 42.8 Å². The van der Waals surface area contributed by atoms with Gasteiger partial charge in [0.05, 0.1) is 10.4 Å². The van der Waals surface area contributed by atoms with Crippen LogP contribution in [0.2, 0.25) is 0 Å². The molecule has 0 aliphatic carbocycles. The molecule has 0 aliphatic heterocycles. The van der Waals surface area contributed by atoms with Crippen LogP contribution in [0.1, 0.15) is 10.4 Å². The van der Waals surface area contributed by atoms with Crippen LogP contribution in [0.3, 0.4) is 0 Å². The molecule has 0 spiro atoms. The lowest BCUT2D eigenvalue weighted by Crippen LogP contribution is -2.43. The Morgan fingerprint density at radius 1 is 1.08 bits per heavy atom. The Morgan fingerprint density at radius 3 is 2.42 bits per heavy atom. The number of carbonyl (C=O) groups excluding carboxylic acids is 1. The number of benzene rings is 2. The highest BCUT2D eigenvalue weighted by Crippen LogP contribution is 2.24. The smallest absolute Gasteiger partial charge is 0.275 e. The standard InChI is InChI=1S/C16H12BrN3O5S/c17-9-5-7-10(8-6-9)26(24,25)20-19-16(23)13-14(21)11-3-1-2-4-12(11)18-15(13)22/h1-8,20H,(H,19,23)(H2,18,21,22). The maximum absolute atomic E-state index is 12.2.